The fourth-order valence-corrected chi connectivity index (χ4v) is 5.04. The molecule has 1 aromatic heterocycles. The van der Waals surface area contributed by atoms with E-state index in [0.29, 0.717) is 12.2 Å². The third kappa shape index (κ3) is 5.46. The van der Waals surface area contributed by atoms with E-state index in [2.05, 4.69) is 36.8 Å². The SMILES string of the molecule is Cc1ccc(CN(C)C(=O)Cc2ccc(NS(=O)(=O)c3cccs3)cc2)c(C)c1. The Kier molecular flexibility index (Phi) is 6.39. The molecule has 0 fully saturated rings. The maximum atomic E-state index is 12.6. The molecular weight excluding hydrogens is 404 g/mol. The lowest BCUT2D eigenvalue weighted by Gasteiger charge is -2.19. The zero-order valence-electron chi connectivity index (χ0n) is 16.7. The minimum atomic E-state index is -3.57. The summed E-state index contributed by atoms with van der Waals surface area (Å²) in [5.74, 6) is 0.0110. The quantitative estimate of drug-likeness (QED) is 0.608. The number of carbonyl (C=O) groups is 1. The molecule has 0 unspecified atom stereocenters. The first kappa shape index (κ1) is 21.1. The number of sulfonamides is 1. The van der Waals surface area contributed by atoms with Gasteiger partial charge in [-0.25, -0.2) is 8.42 Å². The predicted octanol–water partition coefficient (Wildman–Crippen LogP) is 4.37. The van der Waals surface area contributed by atoms with Crippen molar-refractivity contribution >= 4 is 33.0 Å². The Balaban J connectivity index is 1.61. The van der Waals surface area contributed by atoms with E-state index in [1.807, 2.05) is 0 Å². The van der Waals surface area contributed by atoms with E-state index in [4.69, 9.17) is 0 Å². The van der Waals surface area contributed by atoms with Crippen LogP contribution < -0.4 is 4.72 Å². The van der Waals surface area contributed by atoms with E-state index in [1.54, 1.807) is 53.7 Å². The fourth-order valence-electron chi connectivity index (χ4n) is 2.99. The number of hydrogen-bond donors (Lipinski definition) is 1. The van der Waals surface area contributed by atoms with Gasteiger partial charge in [0.1, 0.15) is 4.21 Å². The van der Waals surface area contributed by atoms with E-state index < -0.39 is 10.0 Å². The number of carbonyl (C=O) groups excluding carboxylic acids is 1. The first-order valence-electron chi connectivity index (χ1n) is 9.20. The molecule has 1 N–H and O–H groups in total. The highest BCUT2D eigenvalue weighted by molar-refractivity contribution is 7.94. The molecule has 3 rings (SSSR count). The number of hydrogen-bond acceptors (Lipinski definition) is 4. The predicted molar refractivity (Wildman–Crippen MR) is 118 cm³/mol. The van der Waals surface area contributed by atoms with Crippen LogP contribution in [-0.4, -0.2) is 26.3 Å². The van der Waals surface area contributed by atoms with Gasteiger partial charge in [0.2, 0.25) is 5.91 Å². The molecule has 7 heteroatoms. The number of thiophene rings is 1. The maximum absolute atomic E-state index is 12.6. The van der Waals surface area contributed by atoms with E-state index in [-0.39, 0.29) is 16.5 Å². The summed E-state index contributed by atoms with van der Waals surface area (Å²) < 4.78 is 27.4. The summed E-state index contributed by atoms with van der Waals surface area (Å²) in [6.45, 7) is 4.66. The minimum Gasteiger partial charge on any atom is -0.341 e. The van der Waals surface area contributed by atoms with Crippen LogP contribution in [0.25, 0.3) is 0 Å². The first-order chi connectivity index (χ1) is 13.7. The van der Waals surface area contributed by atoms with Crippen molar-refractivity contribution in [2.75, 3.05) is 11.8 Å². The number of rotatable bonds is 7. The lowest BCUT2D eigenvalue weighted by atomic mass is 10.1. The summed E-state index contributed by atoms with van der Waals surface area (Å²) in [6, 6.07) is 16.4. The van der Waals surface area contributed by atoms with E-state index in [0.717, 1.165) is 11.1 Å². The average Bonchev–Trinajstić information content (AvgIpc) is 3.21. The minimum absolute atomic E-state index is 0.0110. The molecule has 0 saturated heterocycles. The van der Waals surface area contributed by atoms with Gasteiger partial charge < -0.3 is 4.90 Å². The van der Waals surface area contributed by atoms with Gasteiger partial charge in [0.25, 0.3) is 10.0 Å². The Morgan fingerprint density at radius 1 is 1.07 bits per heavy atom. The maximum Gasteiger partial charge on any atom is 0.271 e. The van der Waals surface area contributed by atoms with Gasteiger partial charge in [-0.05, 0) is 54.1 Å². The molecule has 152 valence electrons. The molecule has 0 aliphatic carbocycles. The molecule has 29 heavy (non-hydrogen) atoms. The molecule has 5 nitrogen and oxygen atoms in total. The van der Waals surface area contributed by atoms with Crippen molar-refractivity contribution in [1.29, 1.82) is 0 Å². The summed E-state index contributed by atoms with van der Waals surface area (Å²) in [6.07, 6.45) is 0.263. The molecular formula is C22H24N2O3S2. The molecule has 3 aromatic rings. The molecule has 2 aromatic carbocycles. The monoisotopic (exact) mass is 428 g/mol. The van der Waals surface area contributed by atoms with Crippen molar-refractivity contribution in [3.8, 4) is 0 Å². The molecule has 1 amide bonds. The van der Waals surface area contributed by atoms with Gasteiger partial charge >= 0.3 is 0 Å². The molecule has 0 aliphatic heterocycles. The van der Waals surface area contributed by atoms with Crippen LogP contribution in [0.2, 0.25) is 0 Å². The number of likely N-dealkylation sites (N-methyl/N-ethyl adjacent to an activating group) is 1. The Morgan fingerprint density at radius 2 is 1.79 bits per heavy atom. The summed E-state index contributed by atoms with van der Waals surface area (Å²) in [4.78, 5) is 14.3. The highest BCUT2D eigenvalue weighted by Gasteiger charge is 2.15. The average molecular weight is 429 g/mol. The molecule has 0 saturated carbocycles. The van der Waals surface area contributed by atoms with Crippen molar-refractivity contribution in [1.82, 2.24) is 4.90 Å². The Labute approximate surface area is 176 Å². The van der Waals surface area contributed by atoms with Crippen molar-refractivity contribution in [2.45, 2.75) is 31.0 Å². The number of aryl methyl sites for hydroxylation is 2. The van der Waals surface area contributed by atoms with Gasteiger partial charge in [0, 0.05) is 19.3 Å². The number of nitrogens with one attached hydrogen (secondary N) is 1. The second-order valence-electron chi connectivity index (χ2n) is 7.09. The molecule has 0 bridgehead atoms. The van der Waals surface area contributed by atoms with Crippen molar-refractivity contribution < 1.29 is 13.2 Å². The van der Waals surface area contributed by atoms with Gasteiger partial charge in [-0.3, -0.25) is 9.52 Å². The van der Waals surface area contributed by atoms with Crippen LogP contribution in [0.5, 0.6) is 0 Å². The van der Waals surface area contributed by atoms with Crippen LogP contribution in [0.1, 0.15) is 22.3 Å². The molecule has 0 aliphatic rings. The normalized spacial score (nSPS) is 11.3. The second kappa shape index (κ2) is 8.80. The number of anilines is 1. The van der Waals surface area contributed by atoms with Crippen LogP contribution in [0.4, 0.5) is 5.69 Å². The Bertz CT molecular complexity index is 1090. The summed E-state index contributed by atoms with van der Waals surface area (Å²) in [5, 5.41) is 1.72. The summed E-state index contributed by atoms with van der Waals surface area (Å²) in [7, 11) is -1.77. The van der Waals surface area contributed by atoms with E-state index in [9.17, 15) is 13.2 Å². The Hall–Kier alpha value is -2.64. The number of benzene rings is 2. The summed E-state index contributed by atoms with van der Waals surface area (Å²) in [5.41, 5.74) is 4.81. The van der Waals surface area contributed by atoms with Crippen molar-refractivity contribution in [3.05, 3.63) is 82.2 Å². The second-order valence-corrected chi connectivity index (χ2v) is 9.95. The smallest absolute Gasteiger partial charge is 0.271 e. The van der Waals surface area contributed by atoms with Gasteiger partial charge in [-0.15, -0.1) is 11.3 Å². The first-order valence-corrected chi connectivity index (χ1v) is 11.6. The van der Waals surface area contributed by atoms with Crippen molar-refractivity contribution in [3.63, 3.8) is 0 Å². The van der Waals surface area contributed by atoms with Crippen LogP contribution in [-0.2, 0) is 27.8 Å². The third-order valence-corrected chi connectivity index (χ3v) is 7.43. The van der Waals surface area contributed by atoms with Crippen LogP contribution in [0.3, 0.4) is 0 Å². The van der Waals surface area contributed by atoms with E-state index >= 15 is 0 Å². The third-order valence-electron chi connectivity index (χ3n) is 4.65. The van der Waals surface area contributed by atoms with Gasteiger partial charge in [-0.1, -0.05) is 42.0 Å². The zero-order chi connectivity index (χ0) is 21.0. The standard InChI is InChI=1S/C22H24N2O3S2/c1-16-6-9-19(17(2)13-16)15-24(3)21(25)14-18-7-10-20(11-8-18)23-29(26,27)22-5-4-12-28-22/h4-13,23H,14-15H2,1-3H3. The van der Waals surface area contributed by atoms with Crippen LogP contribution in [0, 0.1) is 13.8 Å². The highest BCUT2D eigenvalue weighted by Crippen LogP contribution is 2.21. The van der Waals surface area contributed by atoms with Gasteiger partial charge in [0.05, 0.1) is 6.42 Å². The zero-order valence-corrected chi connectivity index (χ0v) is 18.3. The van der Waals surface area contributed by atoms with Gasteiger partial charge in [-0.2, -0.15) is 0 Å². The van der Waals surface area contributed by atoms with Crippen LogP contribution in [0.15, 0.2) is 64.2 Å². The molecule has 1 heterocycles. The number of amides is 1. The highest BCUT2D eigenvalue weighted by atomic mass is 32.2. The fraction of sp³-hybridized carbons (Fsp3) is 0.227. The van der Waals surface area contributed by atoms with Gasteiger partial charge in [0.15, 0.2) is 0 Å². The number of nitrogens with zero attached hydrogens (tertiary/aromatic N) is 1. The van der Waals surface area contributed by atoms with E-state index in [1.165, 1.54) is 22.5 Å². The van der Waals surface area contributed by atoms with Crippen LogP contribution >= 0.6 is 11.3 Å². The summed E-state index contributed by atoms with van der Waals surface area (Å²) >= 11 is 1.17. The Morgan fingerprint density at radius 3 is 2.41 bits per heavy atom. The molecule has 0 spiro atoms. The topological polar surface area (TPSA) is 66.5 Å². The lowest BCUT2D eigenvalue weighted by Crippen LogP contribution is -2.28. The molecule has 0 atom stereocenters. The molecule has 0 radical (unpaired) electrons. The largest absolute Gasteiger partial charge is 0.341 e. The lowest BCUT2D eigenvalue weighted by molar-refractivity contribution is -0.129. The van der Waals surface area contributed by atoms with Crippen molar-refractivity contribution in [2.24, 2.45) is 0 Å².